The summed E-state index contributed by atoms with van der Waals surface area (Å²) in [5, 5.41) is 0. The summed E-state index contributed by atoms with van der Waals surface area (Å²) in [6, 6.07) is 0. The highest BCUT2D eigenvalue weighted by atomic mass is 16.6. The van der Waals surface area contributed by atoms with Crippen molar-refractivity contribution in [3.63, 3.8) is 0 Å². The molecule has 80 heavy (non-hydrogen) atoms. The maximum absolute atomic E-state index is 12.9. The molecule has 1 atom stereocenters. The van der Waals surface area contributed by atoms with Crippen LogP contribution in [0, 0.1) is 0 Å². The van der Waals surface area contributed by atoms with Gasteiger partial charge in [0, 0.05) is 19.3 Å². The largest absolute Gasteiger partial charge is 0.462 e. The van der Waals surface area contributed by atoms with Crippen LogP contribution in [-0.4, -0.2) is 37.2 Å². The molecular weight excluding hydrogens is 985 g/mol. The molecule has 0 fully saturated rings. The van der Waals surface area contributed by atoms with E-state index in [0.717, 1.165) is 96.3 Å². The summed E-state index contributed by atoms with van der Waals surface area (Å²) in [5.74, 6) is -0.903. The third kappa shape index (κ3) is 65.7. The molecule has 0 aromatic rings. The normalized spacial score (nSPS) is 12.5. The Balaban J connectivity index is 4.35. The predicted molar refractivity (Wildman–Crippen MR) is 348 cm³/mol. The molecule has 0 aliphatic rings. The van der Waals surface area contributed by atoms with Crippen LogP contribution in [0.4, 0.5) is 0 Å². The number of hydrogen-bond acceptors (Lipinski definition) is 6. The highest BCUT2D eigenvalue weighted by molar-refractivity contribution is 5.71. The SMILES string of the molecule is CC/C=C\C/C=C\C/C=C\C/C=C\C/C=C\CCCCCC(=O)OC(COC(=O)CCCCCCCCC/C=C\CCCCCCCCC)COC(=O)CCCCCCCCCCCCCCCCCCCCCCCCCCC. The van der Waals surface area contributed by atoms with Gasteiger partial charge in [-0.15, -0.1) is 0 Å². The van der Waals surface area contributed by atoms with Crippen LogP contribution in [0.15, 0.2) is 72.9 Å². The zero-order valence-corrected chi connectivity index (χ0v) is 53.3. The van der Waals surface area contributed by atoms with Crippen LogP contribution >= 0.6 is 0 Å². The highest BCUT2D eigenvalue weighted by Gasteiger charge is 2.19. The van der Waals surface area contributed by atoms with Crippen LogP contribution in [0.3, 0.4) is 0 Å². The Morgan fingerprint density at radius 2 is 0.487 bits per heavy atom. The third-order valence-corrected chi connectivity index (χ3v) is 15.4. The van der Waals surface area contributed by atoms with Crippen molar-refractivity contribution in [2.75, 3.05) is 13.2 Å². The van der Waals surface area contributed by atoms with Crippen molar-refractivity contribution in [1.82, 2.24) is 0 Å². The van der Waals surface area contributed by atoms with Crippen LogP contribution in [0.5, 0.6) is 0 Å². The van der Waals surface area contributed by atoms with Crippen molar-refractivity contribution >= 4 is 17.9 Å². The first-order valence-electron chi connectivity index (χ1n) is 34.9. The minimum atomic E-state index is -0.795. The molecule has 0 rings (SSSR count). The van der Waals surface area contributed by atoms with Crippen molar-refractivity contribution in [1.29, 1.82) is 0 Å². The lowest BCUT2D eigenvalue weighted by Gasteiger charge is -2.18. The van der Waals surface area contributed by atoms with Crippen molar-refractivity contribution in [2.45, 2.75) is 367 Å². The zero-order chi connectivity index (χ0) is 57.8. The van der Waals surface area contributed by atoms with Crippen LogP contribution < -0.4 is 0 Å². The molecule has 0 saturated carbocycles. The molecule has 0 aliphatic heterocycles. The van der Waals surface area contributed by atoms with Gasteiger partial charge in [0.15, 0.2) is 6.10 Å². The number of allylic oxidation sites excluding steroid dienone is 12. The Kier molecular flexibility index (Phi) is 65.7. The fourth-order valence-electron chi connectivity index (χ4n) is 10.2. The van der Waals surface area contributed by atoms with E-state index in [0.29, 0.717) is 19.3 Å². The van der Waals surface area contributed by atoms with E-state index >= 15 is 0 Å². The van der Waals surface area contributed by atoms with Gasteiger partial charge < -0.3 is 14.2 Å². The monoisotopic (exact) mass is 1120 g/mol. The fourth-order valence-corrected chi connectivity index (χ4v) is 10.2. The first-order valence-corrected chi connectivity index (χ1v) is 34.9. The highest BCUT2D eigenvalue weighted by Crippen LogP contribution is 2.18. The molecule has 6 heteroatoms. The number of ether oxygens (including phenoxy) is 3. The Morgan fingerprint density at radius 3 is 0.787 bits per heavy atom. The van der Waals surface area contributed by atoms with Gasteiger partial charge in [-0.1, -0.05) is 325 Å². The van der Waals surface area contributed by atoms with E-state index in [9.17, 15) is 14.4 Å². The second-order valence-corrected chi connectivity index (χ2v) is 23.4. The van der Waals surface area contributed by atoms with Crippen LogP contribution in [-0.2, 0) is 28.6 Å². The average Bonchev–Trinajstić information content (AvgIpc) is 3.46. The van der Waals surface area contributed by atoms with Gasteiger partial charge in [0.25, 0.3) is 0 Å². The number of unbranched alkanes of at least 4 members (excludes halogenated alkanes) is 41. The lowest BCUT2D eigenvalue weighted by molar-refractivity contribution is -0.167. The topological polar surface area (TPSA) is 78.9 Å². The number of esters is 3. The van der Waals surface area contributed by atoms with Crippen LogP contribution in [0.1, 0.15) is 361 Å². The first-order chi connectivity index (χ1) is 39.5. The maximum atomic E-state index is 12.9. The fraction of sp³-hybridized carbons (Fsp3) is 0.797. The van der Waals surface area contributed by atoms with E-state index in [1.807, 2.05) is 0 Å². The van der Waals surface area contributed by atoms with Crippen molar-refractivity contribution in [3.8, 4) is 0 Å². The van der Waals surface area contributed by atoms with E-state index in [4.69, 9.17) is 14.2 Å². The van der Waals surface area contributed by atoms with E-state index in [-0.39, 0.29) is 31.1 Å². The lowest BCUT2D eigenvalue weighted by atomic mass is 10.0. The number of rotatable bonds is 64. The Labute approximate surface area is 497 Å². The Bertz CT molecular complexity index is 1470. The van der Waals surface area contributed by atoms with Crippen molar-refractivity contribution in [3.05, 3.63) is 72.9 Å². The molecule has 0 amide bonds. The lowest BCUT2D eigenvalue weighted by Crippen LogP contribution is -2.30. The second kappa shape index (κ2) is 68.3. The van der Waals surface area contributed by atoms with Gasteiger partial charge in [-0.05, 0) is 89.9 Å². The summed E-state index contributed by atoms with van der Waals surface area (Å²) in [6.07, 6.45) is 89.3. The molecule has 6 nitrogen and oxygen atoms in total. The summed E-state index contributed by atoms with van der Waals surface area (Å²) in [5.41, 5.74) is 0. The molecule has 0 heterocycles. The molecule has 1 unspecified atom stereocenters. The molecule has 0 aromatic carbocycles. The molecule has 0 bridgehead atoms. The first kappa shape index (κ1) is 76.9. The smallest absolute Gasteiger partial charge is 0.306 e. The summed E-state index contributed by atoms with van der Waals surface area (Å²) < 4.78 is 17.0. The minimum absolute atomic E-state index is 0.0870. The summed E-state index contributed by atoms with van der Waals surface area (Å²) in [6.45, 7) is 6.55. The summed E-state index contributed by atoms with van der Waals surface area (Å²) in [7, 11) is 0. The van der Waals surface area contributed by atoms with E-state index in [1.165, 1.54) is 225 Å². The van der Waals surface area contributed by atoms with E-state index in [2.05, 4.69) is 93.7 Å². The summed E-state index contributed by atoms with van der Waals surface area (Å²) in [4.78, 5) is 38.4. The standard InChI is InChI=1S/C74H132O6/c1-4-7-10-13-16-19-22-25-28-31-34-35-36-37-38-39-41-43-46-49-52-55-58-61-64-67-73(76)79-70-71(69-78-72(75)66-63-60-57-54-51-48-45-42-33-30-27-24-21-18-15-12-9-6-3)80-74(77)68-65-62-59-56-53-50-47-44-40-32-29-26-23-20-17-14-11-8-5-2/h8,11,17,20,26,29-30,33,40,44,50,53,71H,4-7,9-10,12-16,18-19,21-25,27-28,31-32,34-39,41-43,45-49,51-52,54-70H2,1-3H3/b11-8-,20-17-,29-26-,33-30-,44-40-,53-50-. The molecular formula is C74H132O6. The third-order valence-electron chi connectivity index (χ3n) is 15.4. The molecule has 464 valence electrons. The number of carbonyl (C=O) groups is 3. The molecule has 0 N–H and O–H groups in total. The van der Waals surface area contributed by atoms with Crippen molar-refractivity contribution < 1.29 is 28.6 Å². The number of hydrogen-bond donors (Lipinski definition) is 0. The van der Waals surface area contributed by atoms with E-state index in [1.54, 1.807) is 0 Å². The van der Waals surface area contributed by atoms with Crippen LogP contribution in [0.2, 0.25) is 0 Å². The van der Waals surface area contributed by atoms with Crippen LogP contribution in [0.25, 0.3) is 0 Å². The second-order valence-electron chi connectivity index (χ2n) is 23.4. The quantitative estimate of drug-likeness (QED) is 0.0261. The molecule has 0 saturated heterocycles. The van der Waals surface area contributed by atoms with Gasteiger partial charge in [-0.3, -0.25) is 14.4 Å². The minimum Gasteiger partial charge on any atom is -0.462 e. The van der Waals surface area contributed by atoms with Gasteiger partial charge in [-0.2, -0.15) is 0 Å². The predicted octanol–water partition coefficient (Wildman–Crippen LogP) is 24.1. The van der Waals surface area contributed by atoms with Crippen molar-refractivity contribution in [2.24, 2.45) is 0 Å². The average molecular weight is 1120 g/mol. The maximum Gasteiger partial charge on any atom is 0.306 e. The molecule has 0 spiro atoms. The van der Waals surface area contributed by atoms with Gasteiger partial charge in [0.1, 0.15) is 13.2 Å². The molecule has 0 aliphatic carbocycles. The Morgan fingerprint density at radius 1 is 0.263 bits per heavy atom. The molecule has 0 aromatic heterocycles. The molecule has 0 radical (unpaired) electrons. The van der Waals surface area contributed by atoms with Gasteiger partial charge in [0.05, 0.1) is 0 Å². The Hall–Kier alpha value is -3.15. The number of carbonyl (C=O) groups excluding carboxylic acids is 3. The summed E-state index contributed by atoms with van der Waals surface area (Å²) >= 11 is 0. The van der Waals surface area contributed by atoms with E-state index < -0.39 is 6.10 Å². The van der Waals surface area contributed by atoms with Gasteiger partial charge in [0.2, 0.25) is 0 Å². The van der Waals surface area contributed by atoms with Gasteiger partial charge in [-0.25, -0.2) is 0 Å². The van der Waals surface area contributed by atoms with Gasteiger partial charge >= 0.3 is 17.9 Å². The zero-order valence-electron chi connectivity index (χ0n) is 53.3.